The fraction of sp³-hybridized carbons (Fsp3) is 0.286. The average molecular weight is 353 g/mol. The van der Waals surface area contributed by atoms with Crippen LogP contribution in [0.1, 0.15) is 11.3 Å². The molecule has 0 bridgehead atoms. The van der Waals surface area contributed by atoms with E-state index in [0.717, 1.165) is 15.9 Å². The van der Waals surface area contributed by atoms with E-state index in [0.29, 0.717) is 11.7 Å². The van der Waals surface area contributed by atoms with Crippen LogP contribution < -0.4 is 5.32 Å². The van der Waals surface area contributed by atoms with Crippen molar-refractivity contribution in [2.45, 2.75) is 13.5 Å². The lowest BCUT2D eigenvalue weighted by molar-refractivity contribution is 0.481. The molecule has 0 saturated carbocycles. The molecular weight excluding hydrogens is 336 g/mol. The summed E-state index contributed by atoms with van der Waals surface area (Å²) in [7, 11) is 3.88. The highest BCUT2D eigenvalue weighted by Gasteiger charge is 2.11. The van der Waals surface area contributed by atoms with Crippen molar-refractivity contribution in [2.24, 2.45) is 7.05 Å². The number of hydrogen-bond donors (Lipinski definition) is 1. The Morgan fingerprint density at radius 2 is 2.25 bits per heavy atom. The minimum Gasteiger partial charge on any atom is -0.346 e. The zero-order valence-electron chi connectivity index (χ0n) is 11.7. The number of nitrogens with zero attached hydrogens (tertiary/aromatic N) is 3. The van der Waals surface area contributed by atoms with E-state index in [1.165, 1.54) is 5.56 Å². The van der Waals surface area contributed by atoms with Crippen molar-refractivity contribution in [2.75, 3.05) is 12.4 Å². The van der Waals surface area contributed by atoms with Gasteiger partial charge in [0.05, 0.1) is 22.9 Å². The molecule has 0 spiro atoms. The van der Waals surface area contributed by atoms with Crippen LogP contribution in [0.25, 0.3) is 0 Å². The van der Waals surface area contributed by atoms with Crippen LogP contribution in [0.4, 0.5) is 5.69 Å². The molecule has 1 N–H and O–H groups in total. The summed E-state index contributed by atoms with van der Waals surface area (Å²) >= 11 is 8.93. The molecule has 6 heteroatoms. The molecule has 4 nitrogen and oxygen atoms in total. The number of aryl methyl sites for hydroxylation is 2. The number of rotatable bonds is 3. The lowest BCUT2D eigenvalue weighted by atomic mass is 10.2. The Morgan fingerprint density at radius 1 is 1.50 bits per heavy atom. The van der Waals surface area contributed by atoms with Crippen LogP contribution in [0.2, 0.25) is 0 Å². The van der Waals surface area contributed by atoms with Crippen molar-refractivity contribution < 1.29 is 0 Å². The maximum atomic E-state index is 5.43. The maximum absolute atomic E-state index is 5.43. The summed E-state index contributed by atoms with van der Waals surface area (Å²) in [4.78, 5) is 1.99. The quantitative estimate of drug-likeness (QED) is 0.859. The summed E-state index contributed by atoms with van der Waals surface area (Å²) < 4.78 is 2.83. The SMILES string of the molecule is Cc1cccc(NC(=S)N(C)Cc2c(Br)cnn2C)c1. The van der Waals surface area contributed by atoms with E-state index in [-0.39, 0.29) is 0 Å². The second-order valence-corrected chi connectivity index (χ2v) is 5.96. The average Bonchev–Trinajstić information content (AvgIpc) is 2.70. The monoisotopic (exact) mass is 352 g/mol. The molecule has 0 unspecified atom stereocenters. The molecule has 20 heavy (non-hydrogen) atoms. The molecule has 1 heterocycles. The van der Waals surface area contributed by atoms with E-state index in [1.54, 1.807) is 6.20 Å². The lowest BCUT2D eigenvalue weighted by Gasteiger charge is -2.21. The summed E-state index contributed by atoms with van der Waals surface area (Å²) in [6.45, 7) is 2.75. The Balaban J connectivity index is 2.02. The third-order valence-electron chi connectivity index (χ3n) is 3.01. The van der Waals surface area contributed by atoms with E-state index < -0.39 is 0 Å². The Kier molecular flexibility index (Phi) is 4.77. The van der Waals surface area contributed by atoms with Gasteiger partial charge < -0.3 is 10.2 Å². The van der Waals surface area contributed by atoms with Gasteiger partial charge in [0.15, 0.2) is 5.11 Å². The zero-order chi connectivity index (χ0) is 14.7. The standard InChI is InChI=1S/C14H17BrN4S/c1-10-5-4-6-11(7-10)17-14(20)18(2)9-13-12(15)8-16-19(13)3/h4-8H,9H2,1-3H3,(H,17,20). The fourth-order valence-electron chi connectivity index (χ4n) is 1.85. The summed E-state index contributed by atoms with van der Waals surface area (Å²) in [6.07, 6.45) is 1.79. The van der Waals surface area contributed by atoms with Gasteiger partial charge >= 0.3 is 0 Å². The van der Waals surface area contributed by atoms with Crippen LogP contribution in [-0.2, 0) is 13.6 Å². The molecule has 0 aliphatic rings. The van der Waals surface area contributed by atoms with Crippen molar-refractivity contribution in [3.63, 3.8) is 0 Å². The third-order valence-corrected chi connectivity index (χ3v) is 4.09. The molecule has 0 saturated heterocycles. The molecule has 106 valence electrons. The van der Waals surface area contributed by atoms with Crippen molar-refractivity contribution in [1.82, 2.24) is 14.7 Å². The fourth-order valence-corrected chi connectivity index (χ4v) is 2.51. The van der Waals surface area contributed by atoms with Crippen molar-refractivity contribution in [3.8, 4) is 0 Å². The molecule has 0 radical (unpaired) electrons. The molecule has 2 aromatic rings. The van der Waals surface area contributed by atoms with Crippen LogP contribution in [0, 0.1) is 6.92 Å². The number of halogens is 1. The zero-order valence-corrected chi connectivity index (χ0v) is 14.1. The van der Waals surface area contributed by atoms with Crippen molar-refractivity contribution in [3.05, 3.63) is 46.2 Å². The van der Waals surface area contributed by atoms with Gasteiger partial charge in [-0.1, -0.05) is 12.1 Å². The van der Waals surface area contributed by atoms with Crippen LogP contribution in [0.15, 0.2) is 34.9 Å². The number of anilines is 1. The number of aromatic nitrogens is 2. The molecule has 1 aromatic heterocycles. The molecule has 1 aromatic carbocycles. The molecule has 2 rings (SSSR count). The minimum atomic E-state index is 0.684. The van der Waals surface area contributed by atoms with Gasteiger partial charge in [-0.05, 0) is 52.8 Å². The first-order valence-electron chi connectivity index (χ1n) is 6.22. The van der Waals surface area contributed by atoms with Crippen LogP contribution >= 0.6 is 28.1 Å². The Morgan fingerprint density at radius 3 is 2.85 bits per heavy atom. The largest absolute Gasteiger partial charge is 0.346 e. The smallest absolute Gasteiger partial charge is 0.173 e. The summed E-state index contributed by atoms with van der Waals surface area (Å²) in [6, 6.07) is 8.15. The van der Waals surface area contributed by atoms with E-state index >= 15 is 0 Å². The van der Waals surface area contributed by atoms with Gasteiger partial charge in [-0.25, -0.2) is 0 Å². The van der Waals surface area contributed by atoms with Gasteiger partial charge in [-0.2, -0.15) is 5.10 Å². The number of benzene rings is 1. The third kappa shape index (κ3) is 3.58. The van der Waals surface area contributed by atoms with E-state index in [4.69, 9.17) is 12.2 Å². The van der Waals surface area contributed by atoms with Crippen LogP contribution in [0.3, 0.4) is 0 Å². The number of thiocarbonyl (C=S) groups is 1. The Labute approximate surface area is 132 Å². The topological polar surface area (TPSA) is 33.1 Å². The summed E-state index contributed by atoms with van der Waals surface area (Å²) in [5, 5.41) is 8.13. The van der Waals surface area contributed by atoms with Gasteiger partial charge in [0, 0.05) is 19.8 Å². The second-order valence-electron chi connectivity index (χ2n) is 4.72. The van der Waals surface area contributed by atoms with Gasteiger partial charge in [0.1, 0.15) is 0 Å². The van der Waals surface area contributed by atoms with E-state index in [9.17, 15) is 0 Å². The first-order valence-corrected chi connectivity index (χ1v) is 7.42. The van der Waals surface area contributed by atoms with Crippen molar-refractivity contribution >= 4 is 38.9 Å². The van der Waals surface area contributed by atoms with Gasteiger partial charge in [-0.15, -0.1) is 0 Å². The molecule has 0 aliphatic carbocycles. The lowest BCUT2D eigenvalue weighted by Crippen LogP contribution is -2.31. The van der Waals surface area contributed by atoms with Gasteiger partial charge in [-0.3, -0.25) is 4.68 Å². The second kappa shape index (κ2) is 6.37. The highest BCUT2D eigenvalue weighted by Crippen LogP contribution is 2.17. The first-order chi connectivity index (χ1) is 9.47. The first kappa shape index (κ1) is 15.0. The minimum absolute atomic E-state index is 0.684. The summed E-state index contributed by atoms with van der Waals surface area (Å²) in [5.74, 6) is 0. The van der Waals surface area contributed by atoms with Crippen LogP contribution in [0.5, 0.6) is 0 Å². The van der Waals surface area contributed by atoms with E-state index in [2.05, 4.69) is 45.4 Å². The van der Waals surface area contributed by atoms with E-state index in [1.807, 2.05) is 35.8 Å². The predicted molar refractivity (Wildman–Crippen MR) is 89.8 cm³/mol. The maximum Gasteiger partial charge on any atom is 0.173 e. The predicted octanol–water partition coefficient (Wildman–Crippen LogP) is 3.32. The van der Waals surface area contributed by atoms with Crippen LogP contribution in [-0.4, -0.2) is 26.8 Å². The normalized spacial score (nSPS) is 10.4. The Bertz CT molecular complexity index is 604. The molecule has 0 amide bonds. The number of hydrogen-bond acceptors (Lipinski definition) is 2. The highest BCUT2D eigenvalue weighted by molar-refractivity contribution is 9.10. The van der Waals surface area contributed by atoms with Gasteiger partial charge in [0.2, 0.25) is 0 Å². The molecular formula is C14H17BrN4S. The Hall–Kier alpha value is -1.40. The molecule has 0 atom stereocenters. The number of nitrogens with one attached hydrogen (secondary N) is 1. The molecule has 0 aliphatic heterocycles. The summed E-state index contributed by atoms with van der Waals surface area (Å²) in [5.41, 5.74) is 3.29. The van der Waals surface area contributed by atoms with Crippen molar-refractivity contribution in [1.29, 1.82) is 0 Å². The molecule has 0 fully saturated rings. The van der Waals surface area contributed by atoms with Gasteiger partial charge in [0.25, 0.3) is 0 Å². The highest BCUT2D eigenvalue weighted by atomic mass is 79.9.